The van der Waals surface area contributed by atoms with Gasteiger partial charge in [-0.3, -0.25) is 9.69 Å². The molecular formula is C13H20N2OS. The van der Waals surface area contributed by atoms with E-state index >= 15 is 0 Å². The van der Waals surface area contributed by atoms with Crippen LogP contribution < -0.4 is 0 Å². The minimum atomic E-state index is 0.171. The number of hydrogen-bond acceptors (Lipinski definition) is 4. The van der Waals surface area contributed by atoms with Gasteiger partial charge in [-0.05, 0) is 38.8 Å². The number of ketones is 1. The fraction of sp³-hybridized carbons (Fsp3) is 0.692. The second-order valence-corrected chi connectivity index (χ2v) is 5.86. The number of Topliss-reactive ketones (excluding diaryl/α,β-unsaturated/α-hetero) is 1. The lowest BCUT2D eigenvalue weighted by molar-refractivity contribution is 0.0890. The van der Waals surface area contributed by atoms with Crippen LogP contribution in [0.5, 0.6) is 0 Å². The standard InChI is InChI=1S/C13H20N2OS/c1-3-11-4-6-15(7-5-11)8-13(16)12-9-17-10(2)14-12/h9,11H,3-8H2,1-2H3. The topological polar surface area (TPSA) is 33.2 Å². The molecule has 4 heteroatoms. The van der Waals surface area contributed by atoms with Crippen LogP contribution in [0, 0.1) is 12.8 Å². The molecule has 0 spiro atoms. The summed E-state index contributed by atoms with van der Waals surface area (Å²) in [6.07, 6.45) is 3.74. The summed E-state index contributed by atoms with van der Waals surface area (Å²) in [6, 6.07) is 0. The fourth-order valence-corrected chi connectivity index (χ4v) is 2.95. The monoisotopic (exact) mass is 252 g/mol. The van der Waals surface area contributed by atoms with Crippen molar-refractivity contribution in [1.29, 1.82) is 0 Å². The zero-order chi connectivity index (χ0) is 12.3. The number of piperidine rings is 1. The van der Waals surface area contributed by atoms with E-state index in [1.165, 1.54) is 19.3 Å². The molecule has 0 radical (unpaired) electrons. The van der Waals surface area contributed by atoms with Gasteiger partial charge in [0, 0.05) is 5.38 Å². The average molecular weight is 252 g/mol. The van der Waals surface area contributed by atoms with Gasteiger partial charge in [0.25, 0.3) is 0 Å². The number of thiazole rings is 1. The van der Waals surface area contributed by atoms with Gasteiger partial charge >= 0.3 is 0 Å². The molecule has 0 aromatic carbocycles. The number of rotatable bonds is 4. The zero-order valence-corrected chi connectivity index (χ0v) is 11.4. The van der Waals surface area contributed by atoms with Crippen LogP contribution in [0.3, 0.4) is 0 Å². The third-order valence-corrected chi connectivity index (χ3v) is 4.33. The maximum absolute atomic E-state index is 12.0. The molecule has 0 unspecified atom stereocenters. The van der Waals surface area contributed by atoms with Crippen molar-refractivity contribution in [3.63, 3.8) is 0 Å². The SMILES string of the molecule is CCC1CCN(CC(=O)c2csc(C)n2)CC1. The molecule has 0 aliphatic carbocycles. The summed E-state index contributed by atoms with van der Waals surface area (Å²) >= 11 is 1.55. The molecule has 1 aliphatic heterocycles. The lowest BCUT2D eigenvalue weighted by atomic mass is 9.94. The smallest absolute Gasteiger partial charge is 0.195 e. The predicted octanol–water partition coefficient (Wildman–Crippen LogP) is 2.76. The first-order chi connectivity index (χ1) is 8.19. The third kappa shape index (κ3) is 3.36. The van der Waals surface area contributed by atoms with E-state index in [1.807, 2.05) is 12.3 Å². The van der Waals surface area contributed by atoms with Crippen molar-refractivity contribution < 1.29 is 4.79 Å². The van der Waals surface area contributed by atoms with Crippen LogP contribution >= 0.6 is 11.3 Å². The quantitative estimate of drug-likeness (QED) is 0.773. The van der Waals surface area contributed by atoms with Crippen LogP contribution in [0.25, 0.3) is 0 Å². The largest absolute Gasteiger partial charge is 0.296 e. The summed E-state index contributed by atoms with van der Waals surface area (Å²) in [6.45, 7) is 6.86. The molecule has 17 heavy (non-hydrogen) atoms. The number of aromatic nitrogens is 1. The highest BCUT2D eigenvalue weighted by molar-refractivity contribution is 7.09. The molecule has 1 aliphatic rings. The summed E-state index contributed by atoms with van der Waals surface area (Å²) in [7, 11) is 0. The van der Waals surface area contributed by atoms with Crippen molar-refractivity contribution in [2.45, 2.75) is 33.1 Å². The minimum Gasteiger partial charge on any atom is -0.296 e. The molecule has 0 N–H and O–H groups in total. The summed E-state index contributed by atoms with van der Waals surface area (Å²) in [5.74, 6) is 1.03. The van der Waals surface area contributed by atoms with Crippen molar-refractivity contribution >= 4 is 17.1 Å². The molecule has 1 aromatic rings. The van der Waals surface area contributed by atoms with Gasteiger partial charge in [0.1, 0.15) is 5.69 Å². The van der Waals surface area contributed by atoms with Crippen molar-refractivity contribution in [2.24, 2.45) is 5.92 Å². The van der Waals surface area contributed by atoms with E-state index in [2.05, 4.69) is 16.8 Å². The molecule has 0 atom stereocenters. The van der Waals surface area contributed by atoms with E-state index in [1.54, 1.807) is 11.3 Å². The Morgan fingerprint density at radius 3 is 2.76 bits per heavy atom. The number of aryl methyl sites for hydroxylation is 1. The molecule has 0 saturated carbocycles. The summed E-state index contributed by atoms with van der Waals surface area (Å²) in [5.41, 5.74) is 0.644. The summed E-state index contributed by atoms with van der Waals surface area (Å²) in [5, 5.41) is 2.84. The molecule has 1 saturated heterocycles. The van der Waals surface area contributed by atoms with Gasteiger partial charge in [-0.15, -0.1) is 11.3 Å². The highest BCUT2D eigenvalue weighted by Gasteiger charge is 2.20. The Labute approximate surface area is 107 Å². The van der Waals surface area contributed by atoms with Crippen LogP contribution in [0.15, 0.2) is 5.38 Å². The summed E-state index contributed by atoms with van der Waals surface area (Å²) < 4.78 is 0. The first-order valence-electron chi connectivity index (χ1n) is 6.36. The van der Waals surface area contributed by atoms with Gasteiger partial charge in [-0.25, -0.2) is 4.98 Å². The van der Waals surface area contributed by atoms with Gasteiger partial charge in [-0.2, -0.15) is 0 Å². The van der Waals surface area contributed by atoms with Gasteiger partial charge in [-0.1, -0.05) is 13.3 Å². The molecule has 1 fully saturated rings. The molecule has 94 valence electrons. The normalized spacial score (nSPS) is 18.5. The highest BCUT2D eigenvalue weighted by Crippen LogP contribution is 2.20. The molecule has 0 bridgehead atoms. The Balaban J connectivity index is 1.84. The number of likely N-dealkylation sites (tertiary alicyclic amines) is 1. The molecular weight excluding hydrogens is 232 g/mol. The average Bonchev–Trinajstić information content (AvgIpc) is 2.77. The molecule has 2 rings (SSSR count). The Morgan fingerprint density at radius 2 is 2.24 bits per heavy atom. The minimum absolute atomic E-state index is 0.171. The van der Waals surface area contributed by atoms with Crippen LogP contribution in [-0.4, -0.2) is 35.3 Å². The van der Waals surface area contributed by atoms with Crippen LogP contribution in [0.4, 0.5) is 0 Å². The van der Waals surface area contributed by atoms with Crippen molar-refractivity contribution in [2.75, 3.05) is 19.6 Å². The van der Waals surface area contributed by atoms with Crippen LogP contribution in [-0.2, 0) is 0 Å². The maximum Gasteiger partial charge on any atom is 0.195 e. The van der Waals surface area contributed by atoms with Gasteiger partial charge < -0.3 is 0 Å². The Kier molecular flexibility index (Phi) is 4.29. The van der Waals surface area contributed by atoms with Crippen LogP contribution in [0.2, 0.25) is 0 Å². The number of nitrogens with zero attached hydrogens (tertiary/aromatic N) is 2. The lowest BCUT2D eigenvalue weighted by Gasteiger charge is -2.30. The Bertz CT molecular complexity index is 381. The lowest BCUT2D eigenvalue weighted by Crippen LogP contribution is -2.37. The van der Waals surface area contributed by atoms with E-state index in [0.29, 0.717) is 12.2 Å². The van der Waals surface area contributed by atoms with Gasteiger partial charge in [0.15, 0.2) is 5.78 Å². The number of carbonyl (C=O) groups excluding carboxylic acids is 1. The van der Waals surface area contributed by atoms with E-state index in [-0.39, 0.29) is 5.78 Å². The van der Waals surface area contributed by atoms with E-state index in [9.17, 15) is 4.79 Å². The van der Waals surface area contributed by atoms with Crippen molar-refractivity contribution in [1.82, 2.24) is 9.88 Å². The maximum atomic E-state index is 12.0. The van der Waals surface area contributed by atoms with Gasteiger partial charge in [0.2, 0.25) is 0 Å². The molecule has 3 nitrogen and oxygen atoms in total. The second kappa shape index (κ2) is 5.74. The zero-order valence-electron chi connectivity index (χ0n) is 10.6. The fourth-order valence-electron chi connectivity index (χ4n) is 2.33. The van der Waals surface area contributed by atoms with Gasteiger partial charge in [0.05, 0.1) is 11.6 Å². The molecule has 2 heterocycles. The second-order valence-electron chi connectivity index (χ2n) is 4.80. The number of hydrogen-bond donors (Lipinski definition) is 0. The third-order valence-electron chi connectivity index (χ3n) is 3.56. The van der Waals surface area contributed by atoms with E-state index in [0.717, 1.165) is 24.0 Å². The highest BCUT2D eigenvalue weighted by atomic mass is 32.1. The van der Waals surface area contributed by atoms with Crippen molar-refractivity contribution in [3.05, 3.63) is 16.1 Å². The molecule has 0 amide bonds. The summed E-state index contributed by atoms with van der Waals surface area (Å²) in [4.78, 5) is 18.5. The Hall–Kier alpha value is -0.740. The van der Waals surface area contributed by atoms with Crippen molar-refractivity contribution in [3.8, 4) is 0 Å². The first-order valence-corrected chi connectivity index (χ1v) is 7.24. The number of carbonyl (C=O) groups is 1. The predicted molar refractivity (Wildman–Crippen MR) is 70.6 cm³/mol. The van der Waals surface area contributed by atoms with E-state index in [4.69, 9.17) is 0 Å². The van der Waals surface area contributed by atoms with Crippen LogP contribution in [0.1, 0.15) is 41.7 Å². The van der Waals surface area contributed by atoms with E-state index < -0.39 is 0 Å². The molecule has 1 aromatic heterocycles. The first kappa shape index (κ1) is 12.7. The Morgan fingerprint density at radius 1 is 1.53 bits per heavy atom.